The second-order valence-corrected chi connectivity index (χ2v) is 4.80. The lowest BCUT2D eigenvalue weighted by molar-refractivity contribution is -0.144. The van der Waals surface area contributed by atoms with Crippen LogP contribution in [0.25, 0.3) is 12.2 Å². The van der Waals surface area contributed by atoms with Crippen molar-refractivity contribution in [2.75, 3.05) is 6.61 Å². The summed E-state index contributed by atoms with van der Waals surface area (Å²) >= 11 is 0. The lowest BCUT2D eigenvalue weighted by Gasteiger charge is -2.04. The van der Waals surface area contributed by atoms with E-state index in [9.17, 15) is 9.59 Å². The number of hydrogen-bond donors (Lipinski definition) is 0. The Hall–Kier alpha value is -2.69. The smallest absolute Gasteiger partial charge is 0.327 e. The minimum atomic E-state index is -0.475. The van der Waals surface area contributed by atoms with Crippen LogP contribution in [-0.4, -0.2) is 22.4 Å². The van der Waals surface area contributed by atoms with Gasteiger partial charge in [0.25, 0.3) is 5.56 Å². The molecule has 1 heterocycles. The minimum absolute atomic E-state index is 0.182. The normalized spacial score (nSPS) is 10.8. The van der Waals surface area contributed by atoms with Crippen LogP contribution in [0.1, 0.15) is 23.7 Å². The molecule has 0 bridgehead atoms. The van der Waals surface area contributed by atoms with Crippen LogP contribution < -0.4 is 5.56 Å². The first-order chi connectivity index (χ1) is 10.6. The predicted molar refractivity (Wildman–Crippen MR) is 85.2 cm³/mol. The minimum Gasteiger partial charge on any atom is -0.465 e. The largest absolute Gasteiger partial charge is 0.465 e. The molecule has 22 heavy (non-hydrogen) atoms. The van der Waals surface area contributed by atoms with E-state index < -0.39 is 5.97 Å². The second-order valence-electron chi connectivity index (χ2n) is 4.80. The van der Waals surface area contributed by atoms with Gasteiger partial charge < -0.3 is 4.74 Å². The topological polar surface area (TPSA) is 61.2 Å². The van der Waals surface area contributed by atoms with Crippen LogP contribution in [0.3, 0.4) is 0 Å². The van der Waals surface area contributed by atoms with E-state index >= 15 is 0 Å². The molecule has 0 fully saturated rings. The molecule has 2 aromatic rings. The average molecular weight is 298 g/mol. The molecule has 1 aromatic carbocycles. The van der Waals surface area contributed by atoms with Crippen molar-refractivity contribution in [2.24, 2.45) is 0 Å². The molecule has 0 atom stereocenters. The number of hydrogen-bond acceptors (Lipinski definition) is 4. The Balaban J connectivity index is 2.16. The highest BCUT2D eigenvalue weighted by Gasteiger charge is 2.06. The van der Waals surface area contributed by atoms with Gasteiger partial charge in [-0.15, -0.1) is 0 Å². The monoisotopic (exact) mass is 298 g/mol. The molecular weight excluding hydrogens is 280 g/mol. The van der Waals surface area contributed by atoms with Crippen molar-refractivity contribution >= 4 is 18.1 Å². The standard InChI is InChI=1S/C17H18N2O3/c1-3-22-17(21)12-19-16(20)11-10-15(18-19)9-8-14-6-4-13(2)5-7-14/h4-11H,3,12H2,1-2H3/b9-8+. The fraction of sp³-hybridized carbons (Fsp3) is 0.235. The zero-order chi connectivity index (χ0) is 15.9. The van der Waals surface area contributed by atoms with E-state index in [1.54, 1.807) is 19.1 Å². The van der Waals surface area contributed by atoms with Gasteiger partial charge in [-0.25, -0.2) is 4.68 Å². The molecule has 114 valence electrons. The highest BCUT2D eigenvalue weighted by Crippen LogP contribution is 2.07. The van der Waals surface area contributed by atoms with Crippen molar-refractivity contribution in [1.29, 1.82) is 0 Å². The van der Waals surface area contributed by atoms with E-state index in [-0.39, 0.29) is 18.7 Å². The molecule has 0 saturated heterocycles. The zero-order valence-corrected chi connectivity index (χ0v) is 12.7. The van der Waals surface area contributed by atoms with Crippen LogP contribution in [0.2, 0.25) is 0 Å². The van der Waals surface area contributed by atoms with Crippen molar-refractivity contribution in [3.8, 4) is 0 Å². The van der Waals surface area contributed by atoms with Crippen molar-refractivity contribution in [3.05, 3.63) is 63.6 Å². The summed E-state index contributed by atoms with van der Waals surface area (Å²) in [7, 11) is 0. The van der Waals surface area contributed by atoms with Gasteiger partial charge in [0.1, 0.15) is 6.54 Å². The Bertz CT molecular complexity index is 730. The van der Waals surface area contributed by atoms with Gasteiger partial charge in [-0.2, -0.15) is 5.10 Å². The number of rotatable bonds is 5. The lowest BCUT2D eigenvalue weighted by atomic mass is 10.1. The van der Waals surface area contributed by atoms with Crippen LogP contribution in [0.15, 0.2) is 41.2 Å². The SMILES string of the molecule is CCOC(=O)Cn1nc(/C=C/c2ccc(C)cc2)ccc1=O. The van der Waals surface area contributed by atoms with Crippen LogP contribution in [-0.2, 0) is 16.1 Å². The van der Waals surface area contributed by atoms with Gasteiger partial charge in [-0.1, -0.05) is 35.9 Å². The van der Waals surface area contributed by atoms with Crippen molar-refractivity contribution in [2.45, 2.75) is 20.4 Å². The Morgan fingerprint density at radius 1 is 1.18 bits per heavy atom. The number of esters is 1. The Kier molecular flexibility index (Phi) is 5.25. The highest BCUT2D eigenvalue weighted by atomic mass is 16.5. The number of aryl methyl sites for hydroxylation is 1. The molecule has 1 aromatic heterocycles. The fourth-order valence-corrected chi connectivity index (χ4v) is 1.85. The quantitative estimate of drug-likeness (QED) is 0.795. The van der Waals surface area contributed by atoms with Gasteiger partial charge in [-0.3, -0.25) is 9.59 Å². The van der Waals surface area contributed by atoms with E-state index in [0.29, 0.717) is 5.69 Å². The van der Waals surface area contributed by atoms with E-state index in [4.69, 9.17) is 4.74 Å². The first-order valence-electron chi connectivity index (χ1n) is 7.07. The van der Waals surface area contributed by atoms with Crippen LogP contribution >= 0.6 is 0 Å². The first-order valence-corrected chi connectivity index (χ1v) is 7.07. The van der Waals surface area contributed by atoms with Crippen LogP contribution in [0, 0.1) is 6.92 Å². The maximum atomic E-state index is 11.7. The fourth-order valence-electron chi connectivity index (χ4n) is 1.85. The number of carbonyl (C=O) groups is 1. The van der Waals surface area contributed by atoms with E-state index in [0.717, 1.165) is 10.2 Å². The molecule has 2 rings (SSSR count). The third-order valence-corrected chi connectivity index (χ3v) is 3.00. The number of aromatic nitrogens is 2. The van der Waals surface area contributed by atoms with E-state index in [1.165, 1.54) is 11.6 Å². The summed E-state index contributed by atoms with van der Waals surface area (Å²) < 4.78 is 5.93. The van der Waals surface area contributed by atoms with Gasteiger partial charge in [0.05, 0.1) is 12.3 Å². The predicted octanol–water partition coefficient (Wildman–Crippen LogP) is 2.29. The van der Waals surface area contributed by atoms with Crippen molar-refractivity contribution in [3.63, 3.8) is 0 Å². The summed E-state index contributed by atoms with van der Waals surface area (Å²) in [6.07, 6.45) is 3.70. The van der Waals surface area contributed by atoms with Crippen LogP contribution in [0.4, 0.5) is 0 Å². The Morgan fingerprint density at radius 2 is 1.91 bits per heavy atom. The maximum Gasteiger partial charge on any atom is 0.327 e. The second kappa shape index (κ2) is 7.36. The van der Waals surface area contributed by atoms with Gasteiger partial charge in [-0.05, 0) is 31.6 Å². The number of nitrogens with zero attached hydrogens (tertiary/aromatic N) is 2. The van der Waals surface area contributed by atoms with Gasteiger partial charge in [0.15, 0.2) is 0 Å². The average Bonchev–Trinajstić information content (AvgIpc) is 2.50. The summed E-state index contributed by atoms with van der Waals surface area (Å²) in [5.74, 6) is -0.475. The molecule has 0 N–H and O–H groups in total. The molecule has 0 aliphatic rings. The molecule has 0 amide bonds. The molecule has 0 radical (unpaired) electrons. The van der Waals surface area contributed by atoms with Gasteiger partial charge in [0, 0.05) is 6.07 Å². The molecule has 5 heteroatoms. The molecule has 0 unspecified atom stereocenters. The first kappa shape index (κ1) is 15.7. The number of benzene rings is 1. The molecule has 0 aliphatic carbocycles. The van der Waals surface area contributed by atoms with Crippen LogP contribution in [0.5, 0.6) is 0 Å². The van der Waals surface area contributed by atoms with Gasteiger partial charge >= 0.3 is 5.97 Å². The summed E-state index contributed by atoms with van der Waals surface area (Å²) in [4.78, 5) is 23.1. The maximum absolute atomic E-state index is 11.7. The number of ether oxygens (including phenoxy) is 1. The Morgan fingerprint density at radius 3 is 2.59 bits per heavy atom. The third kappa shape index (κ3) is 4.41. The van der Waals surface area contributed by atoms with E-state index in [1.807, 2.05) is 37.3 Å². The third-order valence-electron chi connectivity index (χ3n) is 3.00. The molecule has 0 spiro atoms. The molecule has 5 nitrogen and oxygen atoms in total. The summed E-state index contributed by atoms with van der Waals surface area (Å²) in [6.45, 7) is 3.84. The van der Waals surface area contributed by atoms with E-state index in [2.05, 4.69) is 5.10 Å². The zero-order valence-electron chi connectivity index (χ0n) is 12.7. The molecular formula is C17H18N2O3. The Labute approximate surface area is 128 Å². The van der Waals surface area contributed by atoms with Crippen molar-refractivity contribution < 1.29 is 9.53 Å². The summed E-state index contributed by atoms with van der Waals surface area (Å²) in [6, 6.07) is 11.1. The summed E-state index contributed by atoms with van der Waals surface area (Å²) in [5.41, 5.74) is 2.50. The highest BCUT2D eigenvalue weighted by molar-refractivity contribution is 5.69. The molecule has 0 aliphatic heterocycles. The van der Waals surface area contributed by atoms with Gasteiger partial charge in [0.2, 0.25) is 0 Å². The molecule has 0 saturated carbocycles. The lowest BCUT2D eigenvalue weighted by Crippen LogP contribution is -2.27. The summed E-state index contributed by atoms with van der Waals surface area (Å²) in [5, 5.41) is 4.14. The number of carbonyl (C=O) groups excluding carboxylic acids is 1. The van der Waals surface area contributed by atoms with Crippen molar-refractivity contribution in [1.82, 2.24) is 9.78 Å².